The maximum atomic E-state index is 3.99. The standard InChI is InChI=1S/C37H37N/c1-2-8-29-28(7-1)30(17-18-31(29)33-20-23-13-14-24(33)19-23)32-9-3-5-11-35(32)38-36-12-6-4-10-34(36)37-25-15-16-26(37)22-27(37)21-25/h1-12,17-18,23-27,33,38H,13-16,19-22H2/t23?,24?,25-,26?,27?,33?,37?/m0/s1. The van der Waals surface area contributed by atoms with Gasteiger partial charge in [-0.2, -0.15) is 0 Å². The van der Waals surface area contributed by atoms with Gasteiger partial charge in [0.05, 0.1) is 0 Å². The Bertz CT molecular complexity index is 1550. The average Bonchev–Trinajstić information content (AvgIpc) is 3.57. The smallest absolute Gasteiger partial charge is 0.0464 e. The van der Waals surface area contributed by atoms with Gasteiger partial charge in [0.2, 0.25) is 0 Å². The van der Waals surface area contributed by atoms with Gasteiger partial charge in [-0.1, -0.05) is 79.2 Å². The molecule has 4 aromatic rings. The lowest BCUT2D eigenvalue weighted by Crippen LogP contribution is -2.62. The first kappa shape index (κ1) is 21.8. The van der Waals surface area contributed by atoms with Crippen LogP contribution in [0.3, 0.4) is 0 Å². The van der Waals surface area contributed by atoms with E-state index in [2.05, 4.69) is 90.2 Å². The van der Waals surface area contributed by atoms with E-state index >= 15 is 0 Å². The lowest BCUT2D eigenvalue weighted by atomic mass is 9.39. The van der Waals surface area contributed by atoms with Crippen molar-refractivity contribution in [2.24, 2.45) is 29.6 Å². The van der Waals surface area contributed by atoms with Crippen molar-refractivity contribution < 1.29 is 0 Å². The second-order valence-electron chi connectivity index (χ2n) is 13.3. The monoisotopic (exact) mass is 495 g/mol. The summed E-state index contributed by atoms with van der Waals surface area (Å²) in [5.41, 5.74) is 8.91. The van der Waals surface area contributed by atoms with E-state index in [1.54, 1.807) is 11.1 Å². The van der Waals surface area contributed by atoms with Gasteiger partial charge in [0.1, 0.15) is 0 Å². The molecule has 0 aliphatic heterocycles. The molecular formula is C37H37N. The van der Waals surface area contributed by atoms with E-state index < -0.39 is 0 Å². The SMILES string of the molecule is c1ccc(-c2ccc(C3CC4CCC3C4)c3ccccc23)c(Nc2ccccc2C23C4CC[C@H]2CC3C4)c1. The van der Waals surface area contributed by atoms with Crippen molar-refractivity contribution in [3.8, 4) is 11.1 Å². The van der Waals surface area contributed by atoms with Gasteiger partial charge < -0.3 is 5.32 Å². The minimum Gasteiger partial charge on any atom is -0.355 e. The Labute approximate surface area is 226 Å². The van der Waals surface area contributed by atoms with Gasteiger partial charge in [-0.15, -0.1) is 0 Å². The van der Waals surface area contributed by atoms with Crippen LogP contribution in [0.1, 0.15) is 68.4 Å². The first-order chi connectivity index (χ1) is 18.8. The summed E-state index contributed by atoms with van der Waals surface area (Å²) in [5, 5.41) is 6.87. The Kier molecular flexibility index (Phi) is 4.58. The predicted molar refractivity (Wildman–Crippen MR) is 158 cm³/mol. The third-order valence-corrected chi connectivity index (χ3v) is 12.0. The first-order valence-corrected chi connectivity index (χ1v) is 15.3. The highest BCUT2D eigenvalue weighted by Gasteiger charge is 2.70. The molecule has 2 bridgehead atoms. The van der Waals surface area contributed by atoms with Crippen LogP contribution in [-0.2, 0) is 5.41 Å². The van der Waals surface area contributed by atoms with E-state index in [4.69, 9.17) is 0 Å². The van der Waals surface area contributed by atoms with Crippen molar-refractivity contribution in [2.75, 3.05) is 5.32 Å². The van der Waals surface area contributed by atoms with Crippen LogP contribution in [0.5, 0.6) is 0 Å². The first-order valence-electron chi connectivity index (χ1n) is 15.3. The van der Waals surface area contributed by atoms with Crippen LogP contribution in [0.25, 0.3) is 21.9 Å². The maximum Gasteiger partial charge on any atom is 0.0464 e. The Morgan fingerprint density at radius 2 is 1.29 bits per heavy atom. The zero-order valence-corrected chi connectivity index (χ0v) is 22.2. The molecule has 5 fully saturated rings. The summed E-state index contributed by atoms with van der Waals surface area (Å²) in [4.78, 5) is 0. The molecule has 0 spiro atoms. The number of para-hydroxylation sites is 2. The predicted octanol–water partition coefficient (Wildman–Crippen LogP) is 9.84. The molecule has 190 valence electrons. The summed E-state index contributed by atoms with van der Waals surface area (Å²) in [5.74, 6) is 5.35. The molecule has 1 nitrogen and oxygen atoms in total. The summed E-state index contributed by atoms with van der Waals surface area (Å²) in [6.07, 6.45) is 11.5. The van der Waals surface area contributed by atoms with Gasteiger partial charge in [-0.05, 0) is 120 Å². The van der Waals surface area contributed by atoms with Crippen LogP contribution in [0, 0.1) is 29.6 Å². The van der Waals surface area contributed by atoms with Crippen molar-refractivity contribution in [3.63, 3.8) is 0 Å². The number of hydrogen-bond donors (Lipinski definition) is 1. The van der Waals surface area contributed by atoms with E-state index in [1.165, 1.54) is 84.6 Å². The molecule has 0 saturated heterocycles. The summed E-state index contributed by atoms with van der Waals surface area (Å²) in [6, 6.07) is 32.4. The van der Waals surface area contributed by atoms with Crippen LogP contribution in [0.4, 0.5) is 11.4 Å². The molecule has 0 aromatic heterocycles. The zero-order valence-electron chi connectivity index (χ0n) is 22.2. The fraction of sp³-hybridized carbons (Fsp3) is 0.405. The van der Waals surface area contributed by atoms with Gasteiger partial charge in [0, 0.05) is 22.4 Å². The van der Waals surface area contributed by atoms with Crippen LogP contribution in [0.15, 0.2) is 84.9 Å². The minimum atomic E-state index is 0.466. The number of benzene rings is 4. The van der Waals surface area contributed by atoms with Crippen LogP contribution in [0.2, 0.25) is 0 Å². The highest BCUT2D eigenvalue weighted by atomic mass is 14.9. The van der Waals surface area contributed by atoms with E-state index in [0.717, 1.165) is 35.5 Å². The number of rotatable bonds is 5. The van der Waals surface area contributed by atoms with Crippen molar-refractivity contribution >= 4 is 22.1 Å². The Morgan fingerprint density at radius 3 is 2.05 bits per heavy atom. The molecule has 0 radical (unpaired) electrons. The van der Waals surface area contributed by atoms with Gasteiger partial charge in [-0.3, -0.25) is 0 Å². The maximum absolute atomic E-state index is 3.99. The zero-order chi connectivity index (χ0) is 24.8. The fourth-order valence-corrected chi connectivity index (χ4v) is 10.5. The number of fused-ring (bicyclic) bond motifs is 3. The second kappa shape index (κ2) is 7.98. The Morgan fingerprint density at radius 1 is 0.553 bits per heavy atom. The van der Waals surface area contributed by atoms with E-state index in [-0.39, 0.29) is 0 Å². The van der Waals surface area contributed by atoms with Crippen molar-refractivity contribution in [3.05, 3.63) is 96.1 Å². The van der Waals surface area contributed by atoms with Crippen LogP contribution >= 0.6 is 0 Å². The third kappa shape index (κ3) is 2.83. The summed E-state index contributed by atoms with van der Waals surface area (Å²) in [7, 11) is 0. The quantitative estimate of drug-likeness (QED) is 0.290. The molecular weight excluding hydrogens is 458 g/mol. The topological polar surface area (TPSA) is 12.0 Å². The Hall–Kier alpha value is -3.06. The van der Waals surface area contributed by atoms with Crippen molar-refractivity contribution in [1.82, 2.24) is 0 Å². The molecule has 7 atom stereocenters. The van der Waals surface area contributed by atoms with E-state index in [9.17, 15) is 0 Å². The molecule has 5 saturated carbocycles. The molecule has 6 unspecified atom stereocenters. The van der Waals surface area contributed by atoms with Gasteiger partial charge in [0.25, 0.3) is 0 Å². The average molecular weight is 496 g/mol. The molecule has 1 N–H and O–H groups in total. The second-order valence-corrected chi connectivity index (χ2v) is 13.3. The molecule has 5 aliphatic carbocycles. The van der Waals surface area contributed by atoms with Gasteiger partial charge in [0.15, 0.2) is 0 Å². The number of hydrogen-bond acceptors (Lipinski definition) is 1. The summed E-state index contributed by atoms with van der Waals surface area (Å²) in [6.45, 7) is 0. The number of nitrogens with one attached hydrogen (secondary N) is 1. The van der Waals surface area contributed by atoms with E-state index in [1.807, 2.05) is 0 Å². The lowest BCUT2D eigenvalue weighted by molar-refractivity contribution is -0.0830. The molecule has 9 rings (SSSR count). The Balaban J connectivity index is 1.13. The number of anilines is 2. The fourth-order valence-electron chi connectivity index (χ4n) is 10.5. The molecule has 38 heavy (non-hydrogen) atoms. The lowest BCUT2D eigenvalue weighted by Gasteiger charge is -2.65. The summed E-state index contributed by atoms with van der Waals surface area (Å²) >= 11 is 0. The van der Waals surface area contributed by atoms with Gasteiger partial charge >= 0.3 is 0 Å². The largest absolute Gasteiger partial charge is 0.355 e. The van der Waals surface area contributed by atoms with Crippen LogP contribution < -0.4 is 5.32 Å². The minimum absolute atomic E-state index is 0.466. The normalized spacial score (nSPS) is 34.1. The molecule has 4 aromatic carbocycles. The van der Waals surface area contributed by atoms with E-state index in [0.29, 0.717) is 5.41 Å². The summed E-state index contributed by atoms with van der Waals surface area (Å²) < 4.78 is 0. The highest BCUT2D eigenvalue weighted by molar-refractivity contribution is 6.01. The van der Waals surface area contributed by atoms with Crippen molar-refractivity contribution in [1.29, 1.82) is 0 Å². The molecule has 0 amide bonds. The third-order valence-electron chi connectivity index (χ3n) is 12.0. The van der Waals surface area contributed by atoms with Crippen molar-refractivity contribution in [2.45, 2.75) is 62.7 Å². The molecule has 0 heterocycles. The highest BCUT2D eigenvalue weighted by Crippen LogP contribution is 2.75. The molecule has 5 aliphatic rings. The van der Waals surface area contributed by atoms with Crippen LogP contribution in [-0.4, -0.2) is 0 Å². The van der Waals surface area contributed by atoms with Gasteiger partial charge in [-0.25, -0.2) is 0 Å². The molecule has 1 heteroatoms.